The number of halogens is 3. The minimum Gasteiger partial charge on any atom is -0.335 e. The van der Waals surface area contributed by atoms with E-state index in [1.807, 2.05) is 0 Å². The second kappa shape index (κ2) is 7.29. The summed E-state index contributed by atoms with van der Waals surface area (Å²) in [6.45, 7) is 2.16. The molecule has 0 bridgehead atoms. The maximum absolute atomic E-state index is 14.2. The van der Waals surface area contributed by atoms with Crippen molar-refractivity contribution < 1.29 is 26.1 Å². The molecule has 10 nitrogen and oxygen atoms in total. The van der Waals surface area contributed by atoms with Crippen LogP contribution in [-0.2, 0) is 28.5 Å². The molecule has 4 aromatic heterocycles. The molecular weight excluding hydrogens is 475 g/mol. The van der Waals surface area contributed by atoms with Crippen molar-refractivity contribution in [2.75, 3.05) is 5.75 Å². The highest BCUT2D eigenvalue weighted by molar-refractivity contribution is 7.91. The van der Waals surface area contributed by atoms with Gasteiger partial charge in [-0.15, -0.1) is 10.2 Å². The molecule has 0 radical (unpaired) electrons. The van der Waals surface area contributed by atoms with Crippen LogP contribution in [0.1, 0.15) is 38.3 Å². The van der Waals surface area contributed by atoms with E-state index in [1.165, 1.54) is 23.8 Å². The highest BCUT2D eigenvalue weighted by Gasteiger charge is 2.50. The Kier molecular flexibility index (Phi) is 4.80. The molecule has 1 aliphatic rings. The summed E-state index contributed by atoms with van der Waals surface area (Å²) in [4.78, 5) is 12.5. The third kappa shape index (κ3) is 3.61. The molecule has 178 valence electrons. The zero-order chi connectivity index (χ0) is 24.5. The van der Waals surface area contributed by atoms with Crippen molar-refractivity contribution in [2.24, 2.45) is 7.05 Å². The highest BCUT2D eigenvalue weighted by atomic mass is 32.2. The van der Waals surface area contributed by atoms with Crippen LogP contribution in [0.2, 0.25) is 0 Å². The average Bonchev–Trinajstić information content (AvgIpc) is 3.22. The fourth-order valence-electron chi connectivity index (χ4n) is 3.39. The molecule has 1 aliphatic carbocycles. The van der Waals surface area contributed by atoms with Gasteiger partial charge in [-0.25, -0.2) is 17.8 Å². The predicted octanol–water partition coefficient (Wildman–Crippen LogP) is 3.34. The molecule has 4 aromatic rings. The number of sulfone groups is 1. The fourth-order valence-corrected chi connectivity index (χ4v) is 4.44. The second-order valence-corrected chi connectivity index (χ2v) is 10.4. The Balaban J connectivity index is 1.66. The average molecular weight is 493 g/mol. The van der Waals surface area contributed by atoms with Crippen molar-refractivity contribution in [3.63, 3.8) is 0 Å². The van der Waals surface area contributed by atoms with Gasteiger partial charge in [-0.2, -0.15) is 13.8 Å². The van der Waals surface area contributed by atoms with Crippen molar-refractivity contribution in [3.05, 3.63) is 29.9 Å². The number of aryl methyl sites for hydroxylation is 1. The molecule has 5 rings (SSSR count). The number of rotatable bonds is 6. The lowest BCUT2D eigenvalue weighted by molar-refractivity contribution is 0.0120. The molecule has 0 amide bonds. The third-order valence-electron chi connectivity index (χ3n) is 5.60. The number of pyridine rings is 1. The van der Waals surface area contributed by atoms with Crippen molar-refractivity contribution in [1.29, 1.82) is 0 Å². The first-order valence-corrected chi connectivity index (χ1v) is 11.9. The minimum absolute atomic E-state index is 0.00350. The zero-order valence-electron chi connectivity index (χ0n) is 18.3. The number of alkyl halides is 3. The van der Waals surface area contributed by atoms with Crippen LogP contribution in [0, 0.1) is 0 Å². The summed E-state index contributed by atoms with van der Waals surface area (Å²) in [5.41, 5.74) is -1.72. The summed E-state index contributed by atoms with van der Waals surface area (Å²) in [6.07, 6.45) is 1.87. The number of imidazole rings is 1. The lowest BCUT2D eigenvalue weighted by atomic mass is 10.2. The third-order valence-corrected chi connectivity index (χ3v) is 7.34. The summed E-state index contributed by atoms with van der Waals surface area (Å²) in [5.74, 6) is -3.54. The van der Waals surface area contributed by atoms with Gasteiger partial charge in [0, 0.05) is 25.7 Å². The maximum Gasteiger partial charge on any atom is 0.288 e. The van der Waals surface area contributed by atoms with Crippen LogP contribution in [0.4, 0.5) is 13.2 Å². The van der Waals surface area contributed by atoms with Gasteiger partial charge in [0.2, 0.25) is 5.82 Å². The molecule has 14 heteroatoms. The van der Waals surface area contributed by atoms with Gasteiger partial charge >= 0.3 is 0 Å². The second-order valence-electron chi connectivity index (χ2n) is 8.18. The summed E-state index contributed by atoms with van der Waals surface area (Å²) in [6, 6.07) is 2.41. The molecule has 0 spiro atoms. The van der Waals surface area contributed by atoms with E-state index in [0.717, 1.165) is 6.07 Å². The largest absolute Gasteiger partial charge is 0.335 e. The van der Waals surface area contributed by atoms with Gasteiger partial charge < -0.3 is 9.09 Å². The van der Waals surface area contributed by atoms with Crippen LogP contribution in [0.5, 0.6) is 0 Å². The van der Waals surface area contributed by atoms with E-state index in [4.69, 9.17) is 4.52 Å². The summed E-state index contributed by atoms with van der Waals surface area (Å²) in [7, 11) is -2.29. The fraction of sp³-hybridized carbons (Fsp3) is 0.400. The van der Waals surface area contributed by atoms with Crippen molar-refractivity contribution >= 4 is 21.0 Å². The molecular formula is C20H18F3N7O3S. The number of fused-ring (bicyclic) bond motifs is 1. The first kappa shape index (κ1) is 22.4. The topological polar surface area (TPSA) is 130 Å². The van der Waals surface area contributed by atoms with E-state index in [-0.39, 0.29) is 63.5 Å². The Labute approximate surface area is 191 Å². The highest BCUT2D eigenvalue weighted by Crippen LogP contribution is 2.49. The number of aromatic nitrogens is 7. The Hall–Kier alpha value is -3.42. The van der Waals surface area contributed by atoms with E-state index in [1.54, 1.807) is 7.05 Å². The summed E-state index contributed by atoms with van der Waals surface area (Å²) >= 11 is 0. The van der Waals surface area contributed by atoms with Crippen molar-refractivity contribution in [3.8, 4) is 22.9 Å². The van der Waals surface area contributed by atoms with Gasteiger partial charge in [0.15, 0.2) is 27.0 Å². The monoisotopic (exact) mass is 493 g/mol. The summed E-state index contributed by atoms with van der Waals surface area (Å²) in [5, 5.41) is 11.1. The quantitative estimate of drug-likeness (QED) is 0.397. The number of hydrogen-bond donors (Lipinski definition) is 0. The molecule has 0 aromatic carbocycles. The molecule has 1 fully saturated rings. The van der Waals surface area contributed by atoms with Gasteiger partial charge in [0.25, 0.3) is 11.8 Å². The van der Waals surface area contributed by atoms with Crippen LogP contribution < -0.4 is 0 Å². The summed E-state index contributed by atoms with van der Waals surface area (Å²) < 4.78 is 73.9. The SMILES string of the molecule is CCS(=O)(=O)c1cc(-c2noc(C3(F)CC3)n2)cnc1-c1nc2cc(C(C)(F)F)nnc2n1C. The first-order valence-electron chi connectivity index (χ1n) is 10.3. The van der Waals surface area contributed by atoms with Gasteiger partial charge in [-0.05, 0) is 25.0 Å². The van der Waals surface area contributed by atoms with E-state index in [9.17, 15) is 21.6 Å². The van der Waals surface area contributed by atoms with Crippen LogP contribution in [0.25, 0.3) is 34.1 Å². The molecule has 0 unspecified atom stereocenters. The van der Waals surface area contributed by atoms with Crippen LogP contribution in [-0.4, -0.2) is 49.0 Å². The lowest BCUT2D eigenvalue weighted by Crippen LogP contribution is -2.11. The van der Waals surface area contributed by atoms with Crippen LogP contribution >= 0.6 is 0 Å². The minimum atomic E-state index is -3.83. The normalized spacial score (nSPS) is 15.7. The maximum atomic E-state index is 14.2. The van der Waals surface area contributed by atoms with E-state index >= 15 is 0 Å². The van der Waals surface area contributed by atoms with Crippen LogP contribution in [0.3, 0.4) is 0 Å². The standard InChI is InChI=1S/C20H18F3N7O3S/c1-4-34(31,32)12-7-10(15-26-18(33-29-15)20(23)5-6-20)9-24-14(12)17-25-11-8-13(19(2,21)22)27-28-16(11)30(17)3/h7-9H,4-6H2,1-3H3. The molecule has 4 heterocycles. The van der Waals surface area contributed by atoms with Crippen molar-refractivity contribution in [1.82, 2.24) is 34.9 Å². The Morgan fingerprint density at radius 3 is 2.59 bits per heavy atom. The molecule has 0 aliphatic heterocycles. The van der Waals surface area contributed by atoms with Crippen LogP contribution in [0.15, 0.2) is 27.7 Å². The molecule has 1 saturated carbocycles. The Morgan fingerprint density at radius 1 is 1.21 bits per heavy atom. The van der Waals surface area contributed by atoms with Gasteiger partial charge in [-0.3, -0.25) is 4.98 Å². The van der Waals surface area contributed by atoms with Gasteiger partial charge in [0.1, 0.15) is 16.9 Å². The predicted molar refractivity (Wildman–Crippen MR) is 112 cm³/mol. The van der Waals surface area contributed by atoms with Crippen molar-refractivity contribution in [2.45, 2.75) is 43.2 Å². The van der Waals surface area contributed by atoms with Gasteiger partial charge in [0.05, 0.1) is 10.6 Å². The Morgan fingerprint density at radius 2 is 1.94 bits per heavy atom. The first-order chi connectivity index (χ1) is 15.9. The molecule has 34 heavy (non-hydrogen) atoms. The smallest absolute Gasteiger partial charge is 0.288 e. The lowest BCUT2D eigenvalue weighted by Gasteiger charge is -2.10. The van der Waals surface area contributed by atoms with E-state index < -0.39 is 27.1 Å². The zero-order valence-corrected chi connectivity index (χ0v) is 19.1. The van der Waals surface area contributed by atoms with E-state index in [2.05, 4.69) is 30.3 Å². The van der Waals surface area contributed by atoms with E-state index in [0.29, 0.717) is 6.92 Å². The Bertz CT molecular complexity index is 1540. The molecule has 0 N–H and O–H groups in total. The molecule has 0 saturated heterocycles. The van der Waals surface area contributed by atoms with Gasteiger partial charge in [-0.1, -0.05) is 12.1 Å². The number of nitrogens with zero attached hydrogens (tertiary/aromatic N) is 7. The number of hydrogen-bond acceptors (Lipinski definition) is 9. The molecule has 0 atom stereocenters.